The maximum Gasteiger partial charge on any atom is 0.282 e. The average molecular weight is 484 g/mol. The van der Waals surface area contributed by atoms with Gasteiger partial charge in [0.2, 0.25) is 0 Å². The second kappa shape index (κ2) is 10.2. The third kappa shape index (κ3) is 4.53. The lowest BCUT2D eigenvalue weighted by Crippen LogP contribution is -2.50. The van der Waals surface area contributed by atoms with E-state index in [4.69, 9.17) is 9.96 Å². The molecule has 1 aliphatic carbocycles. The highest BCUT2D eigenvalue weighted by Gasteiger charge is 2.44. The Balaban J connectivity index is 1.47. The van der Waals surface area contributed by atoms with Gasteiger partial charge in [-0.25, -0.2) is 4.98 Å². The third-order valence-corrected chi connectivity index (χ3v) is 8.24. The highest BCUT2D eigenvalue weighted by Crippen LogP contribution is 2.44. The van der Waals surface area contributed by atoms with Crippen molar-refractivity contribution in [3.63, 3.8) is 0 Å². The van der Waals surface area contributed by atoms with Crippen molar-refractivity contribution < 1.29 is 9.35 Å². The van der Waals surface area contributed by atoms with E-state index in [1.807, 2.05) is 24.3 Å². The van der Waals surface area contributed by atoms with E-state index < -0.39 is 16.6 Å². The Kier molecular flexibility index (Phi) is 7.04. The second-order valence-electron chi connectivity index (χ2n) is 9.96. The number of nitrogens with one attached hydrogen (secondary N) is 2. The lowest BCUT2D eigenvalue weighted by Gasteiger charge is -2.45. The molecule has 1 saturated carbocycles. The standard InChI is InChI=1S/C25H33N5O3S/c26-25(34-33)28-23(31)22-24(32)30(21-11-7-6-10-20(21)27-22)19-14-17-12-13-18(15-19)29(17)16-8-4-2-1-3-5-9-16/h6-7,10-11,16-19,33H,1-5,8-9,12-15H2,(H2,26,28,31)/t17-,18+,19+. The quantitative estimate of drug-likeness (QED) is 0.336. The van der Waals surface area contributed by atoms with Crippen molar-refractivity contribution in [3.05, 3.63) is 40.3 Å². The number of aromatic nitrogens is 2. The van der Waals surface area contributed by atoms with Crippen molar-refractivity contribution in [2.75, 3.05) is 0 Å². The van der Waals surface area contributed by atoms with E-state index in [1.165, 1.54) is 57.8 Å². The highest BCUT2D eigenvalue weighted by molar-refractivity contribution is 8.08. The zero-order valence-electron chi connectivity index (χ0n) is 19.4. The first-order chi connectivity index (χ1) is 16.6. The minimum atomic E-state index is -0.758. The van der Waals surface area contributed by atoms with Crippen molar-refractivity contribution in [2.24, 2.45) is 0 Å². The molecular formula is C25H33N5O3S. The molecule has 2 aromatic rings. The summed E-state index contributed by atoms with van der Waals surface area (Å²) in [6, 6.07) is 9.08. The van der Waals surface area contributed by atoms with Crippen molar-refractivity contribution >= 4 is 34.2 Å². The van der Waals surface area contributed by atoms with Crippen LogP contribution < -0.4 is 10.9 Å². The first-order valence-electron chi connectivity index (χ1n) is 12.6. The Morgan fingerprint density at radius 3 is 2.29 bits per heavy atom. The van der Waals surface area contributed by atoms with Crippen LogP contribution in [0.3, 0.4) is 0 Å². The Morgan fingerprint density at radius 2 is 1.62 bits per heavy atom. The van der Waals surface area contributed by atoms with E-state index >= 15 is 0 Å². The number of nitrogens with zero attached hydrogens (tertiary/aromatic N) is 3. The number of piperidine rings is 1. The number of amides is 1. The summed E-state index contributed by atoms with van der Waals surface area (Å²) in [4.78, 5) is 33.4. The maximum atomic E-state index is 13.6. The fraction of sp³-hybridized carbons (Fsp3) is 0.600. The van der Waals surface area contributed by atoms with E-state index in [2.05, 4.69) is 15.2 Å². The summed E-state index contributed by atoms with van der Waals surface area (Å²) < 4.78 is 10.8. The number of amidine groups is 1. The Labute approximate surface area is 203 Å². The van der Waals surface area contributed by atoms with E-state index in [9.17, 15) is 9.59 Å². The first kappa shape index (κ1) is 23.5. The predicted octanol–water partition coefficient (Wildman–Crippen LogP) is 4.55. The number of fused-ring (bicyclic) bond motifs is 3. The number of hydrogen-bond acceptors (Lipinski definition) is 7. The summed E-state index contributed by atoms with van der Waals surface area (Å²) in [5.74, 6) is -0.758. The van der Waals surface area contributed by atoms with Gasteiger partial charge in [-0.15, -0.1) is 0 Å². The molecule has 8 nitrogen and oxygen atoms in total. The van der Waals surface area contributed by atoms with Crippen molar-refractivity contribution in [3.8, 4) is 0 Å². The van der Waals surface area contributed by atoms with Crippen molar-refractivity contribution in [1.29, 1.82) is 5.41 Å². The smallest absolute Gasteiger partial charge is 0.282 e. The number of carbonyl (C=O) groups excluding carboxylic acids is 1. The topological polar surface area (TPSA) is 111 Å². The summed E-state index contributed by atoms with van der Waals surface area (Å²) in [7, 11) is 0. The zero-order chi connectivity index (χ0) is 23.7. The summed E-state index contributed by atoms with van der Waals surface area (Å²) in [6.07, 6.45) is 13.4. The molecular weight excluding hydrogens is 450 g/mol. The van der Waals surface area contributed by atoms with Gasteiger partial charge in [-0.05, 0) is 50.7 Å². The molecule has 1 aromatic heterocycles. The van der Waals surface area contributed by atoms with Crippen LogP contribution in [0, 0.1) is 5.41 Å². The van der Waals surface area contributed by atoms with Crippen LogP contribution in [0.25, 0.3) is 11.0 Å². The fourth-order valence-corrected chi connectivity index (χ4v) is 6.71. The summed E-state index contributed by atoms with van der Waals surface area (Å²) in [6.45, 7) is 0. The number of hydrogen-bond donors (Lipinski definition) is 3. The molecule has 34 heavy (non-hydrogen) atoms. The van der Waals surface area contributed by atoms with Crippen LogP contribution in [0.1, 0.15) is 87.2 Å². The van der Waals surface area contributed by atoms with Gasteiger partial charge in [-0.3, -0.25) is 25.2 Å². The molecule has 0 radical (unpaired) electrons. The molecule has 3 fully saturated rings. The van der Waals surface area contributed by atoms with Crippen molar-refractivity contribution in [1.82, 2.24) is 19.8 Å². The number of carbonyl (C=O) groups is 1. The van der Waals surface area contributed by atoms with E-state index in [1.54, 1.807) is 4.57 Å². The summed E-state index contributed by atoms with van der Waals surface area (Å²) in [5, 5.41) is 9.36. The molecule has 0 spiro atoms. The SMILES string of the molecule is N=C(NC(=O)c1nc2ccccc2n([C@H]2C[C@H]3CC[C@@H](C2)N3C2CCCCCCC2)c1=O)SO. The predicted molar refractivity (Wildman–Crippen MR) is 134 cm³/mol. The van der Waals surface area contributed by atoms with E-state index in [0.29, 0.717) is 23.6 Å². The van der Waals surface area contributed by atoms with Gasteiger partial charge in [0.05, 0.1) is 23.1 Å². The molecule has 1 amide bonds. The molecule has 3 N–H and O–H groups in total. The minimum absolute atomic E-state index is 0.0147. The van der Waals surface area contributed by atoms with Crippen LogP contribution in [-0.4, -0.2) is 48.2 Å². The minimum Gasteiger partial charge on any atom is -0.323 e. The van der Waals surface area contributed by atoms with Gasteiger partial charge in [0, 0.05) is 24.2 Å². The van der Waals surface area contributed by atoms with Gasteiger partial charge in [0.1, 0.15) is 0 Å². The molecule has 1 aromatic carbocycles. The molecule has 2 bridgehead atoms. The average Bonchev–Trinajstić information content (AvgIpc) is 3.07. The lowest BCUT2D eigenvalue weighted by molar-refractivity contribution is 0.0497. The van der Waals surface area contributed by atoms with Crippen LogP contribution in [0.4, 0.5) is 0 Å². The van der Waals surface area contributed by atoms with E-state index in [-0.39, 0.29) is 23.8 Å². The Morgan fingerprint density at radius 1 is 0.971 bits per heavy atom. The zero-order valence-corrected chi connectivity index (χ0v) is 20.2. The van der Waals surface area contributed by atoms with Crippen LogP contribution in [0.2, 0.25) is 0 Å². The van der Waals surface area contributed by atoms with Crippen LogP contribution >= 0.6 is 12.0 Å². The molecule has 182 valence electrons. The van der Waals surface area contributed by atoms with E-state index in [0.717, 1.165) is 18.4 Å². The fourth-order valence-electron chi connectivity index (χ4n) is 6.57. The Bertz CT molecular complexity index is 1110. The summed E-state index contributed by atoms with van der Waals surface area (Å²) in [5.41, 5.74) is 0.688. The summed E-state index contributed by atoms with van der Waals surface area (Å²) >= 11 is 0.124. The lowest BCUT2D eigenvalue weighted by atomic mass is 9.89. The van der Waals surface area contributed by atoms with Gasteiger partial charge in [-0.1, -0.05) is 44.2 Å². The first-order valence-corrected chi connectivity index (χ1v) is 13.3. The molecule has 2 saturated heterocycles. The number of rotatable bonds is 3. The molecule has 2 aliphatic heterocycles. The normalized spacial score (nSPS) is 26.2. The largest absolute Gasteiger partial charge is 0.323 e. The van der Waals surface area contributed by atoms with Gasteiger partial charge >= 0.3 is 0 Å². The van der Waals surface area contributed by atoms with Crippen molar-refractivity contribution in [2.45, 2.75) is 94.8 Å². The molecule has 3 aliphatic rings. The third-order valence-electron chi connectivity index (χ3n) is 7.95. The van der Waals surface area contributed by atoms with Crippen LogP contribution in [-0.2, 0) is 0 Å². The maximum absolute atomic E-state index is 13.6. The number of benzene rings is 1. The molecule has 3 heterocycles. The molecule has 0 unspecified atom stereocenters. The number of para-hydroxylation sites is 2. The van der Waals surface area contributed by atoms with Gasteiger partial charge in [-0.2, -0.15) is 0 Å². The van der Waals surface area contributed by atoms with Crippen LogP contribution in [0.15, 0.2) is 29.1 Å². The van der Waals surface area contributed by atoms with Gasteiger partial charge in [0.15, 0.2) is 10.9 Å². The van der Waals surface area contributed by atoms with Gasteiger partial charge in [0.25, 0.3) is 11.5 Å². The second-order valence-corrected chi connectivity index (χ2v) is 10.5. The van der Waals surface area contributed by atoms with Crippen LogP contribution in [0.5, 0.6) is 0 Å². The van der Waals surface area contributed by atoms with Gasteiger partial charge < -0.3 is 9.12 Å². The molecule has 9 heteroatoms. The monoisotopic (exact) mass is 483 g/mol. The molecule has 3 atom stereocenters. The Hall–Kier alpha value is -2.23. The molecule has 5 rings (SSSR count). The highest BCUT2D eigenvalue weighted by atomic mass is 32.2.